The number of rotatable bonds is 12. The van der Waals surface area contributed by atoms with Gasteiger partial charge in [0.15, 0.2) is 17.3 Å². The molecular weight excluding hydrogens is 432 g/mol. The smallest absolute Gasteiger partial charge is 0.189 e. The molecule has 0 aliphatic heterocycles. The predicted octanol–water partition coefficient (Wildman–Crippen LogP) is 5.98. The number of hydrogen-bond acceptors (Lipinski definition) is 6. The maximum Gasteiger partial charge on any atom is 0.189 e. The molecule has 0 spiro atoms. The molecule has 0 fully saturated rings. The topological polar surface area (TPSA) is 63.2 Å². The molecule has 0 aliphatic carbocycles. The van der Waals surface area contributed by atoms with Crippen LogP contribution in [0.5, 0.6) is 28.7 Å². The fourth-order valence-electron chi connectivity index (χ4n) is 3.30. The zero-order valence-corrected chi connectivity index (χ0v) is 20.0. The van der Waals surface area contributed by atoms with Crippen LogP contribution in [0.4, 0.5) is 0 Å². The van der Waals surface area contributed by atoms with E-state index in [2.05, 4.69) is 0 Å². The highest BCUT2D eigenvalue weighted by Crippen LogP contribution is 2.29. The van der Waals surface area contributed by atoms with E-state index in [1.54, 1.807) is 31.4 Å². The summed E-state index contributed by atoms with van der Waals surface area (Å²) in [5, 5.41) is 0. The molecule has 0 saturated carbocycles. The minimum atomic E-state index is -0.170. The van der Waals surface area contributed by atoms with E-state index in [-0.39, 0.29) is 5.78 Å². The van der Waals surface area contributed by atoms with E-state index in [1.807, 2.05) is 56.3 Å². The largest absolute Gasteiger partial charge is 0.497 e. The Morgan fingerprint density at radius 2 is 1.41 bits per heavy atom. The molecule has 34 heavy (non-hydrogen) atoms. The van der Waals surface area contributed by atoms with Crippen LogP contribution in [0.2, 0.25) is 0 Å². The fraction of sp³-hybridized carbons (Fsp3) is 0.250. The number of ketones is 1. The lowest BCUT2D eigenvalue weighted by molar-refractivity contribution is 0.104. The lowest BCUT2D eigenvalue weighted by Gasteiger charge is -2.13. The maximum atomic E-state index is 12.7. The van der Waals surface area contributed by atoms with Crippen LogP contribution in [-0.4, -0.2) is 33.2 Å². The van der Waals surface area contributed by atoms with E-state index in [9.17, 15) is 4.79 Å². The van der Waals surface area contributed by atoms with Gasteiger partial charge in [0.05, 0.1) is 33.0 Å². The van der Waals surface area contributed by atoms with E-state index >= 15 is 0 Å². The first-order valence-corrected chi connectivity index (χ1v) is 11.1. The highest BCUT2D eigenvalue weighted by Gasteiger charge is 2.11. The standard InChI is InChI=1S/C28H30O6/c1-5-32-27-15-10-21(17-28(27)33-6-2)19-34-22-11-7-20(8-12-22)9-14-25(29)24-18-23(30-3)13-16-26(24)31-4/h7-18H,5-6,19H2,1-4H3/b14-9+. The van der Waals surface area contributed by atoms with Gasteiger partial charge >= 0.3 is 0 Å². The summed E-state index contributed by atoms with van der Waals surface area (Å²) in [5.74, 6) is 3.09. The summed E-state index contributed by atoms with van der Waals surface area (Å²) < 4.78 is 27.7. The number of carbonyl (C=O) groups is 1. The van der Waals surface area contributed by atoms with Crippen LogP contribution in [0.25, 0.3) is 6.08 Å². The maximum absolute atomic E-state index is 12.7. The molecule has 0 heterocycles. The van der Waals surface area contributed by atoms with Crippen LogP contribution >= 0.6 is 0 Å². The molecule has 0 N–H and O–H groups in total. The summed E-state index contributed by atoms with van der Waals surface area (Å²) in [6, 6.07) is 18.5. The number of ether oxygens (including phenoxy) is 5. The van der Waals surface area contributed by atoms with Crippen LogP contribution in [0.3, 0.4) is 0 Å². The Kier molecular flexibility index (Phi) is 8.97. The van der Waals surface area contributed by atoms with E-state index in [0.29, 0.717) is 42.6 Å². The van der Waals surface area contributed by atoms with Gasteiger partial charge < -0.3 is 23.7 Å². The van der Waals surface area contributed by atoms with Crippen molar-refractivity contribution < 1.29 is 28.5 Å². The van der Waals surface area contributed by atoms with Crippen molar-refractivity contribution in [2.45, 2.75) is 20.5 Å². The van der Waals surface area contributed by atoms with E-state index in [4.69, 9.17) is 23.7 Å². The second-order valence-electron chi connectivity index (χ2n) is 7.27. The van der Waals surface area contributed by atoms with Gasteiger partial charge in [0.2, 0.25) is 0 Å². The van der Waals surface area contributed by atoms with Crippen molar-refractivity contribution >= 4 is 11.9 Å². The third kappa shape index (κ3) is 6.54. The van der Waals surface area contributed by atoms with Gasteiger partial charge in [-0.2, -0.15) is 0 Å². The highest BCUT2D eigenvalue weighted by molar-refractivity contribution is 6.08. The quantitative estimate of drug-likeness (QED) is 0.244. The van der Waals surface area contributed by atoms with Crippen LogP contribution in [0, 0.1) is 0 Å². The molecule has 0 unspecified atom stereocenters. The minimum absolute atomic E-state index is 0.170. The van der Waals surface area contributed by atoms with Crippen molar-refractivity contribution in [1.82, 2.24) is 0 Å². The van der Waals surface area contributed by atoms with Crippen molar-refractivity contribution in [1.29, 1.82) is 0 Å². The van der Waals surface area contributed by atoms with E-state index in [1.165, 1.54) is 13.2 Å². The predicted molar refractivity (Wildman–Crippen MR) is 132 cm³/mol. The van der Waals surface area contributed by atoms with Gasteiger partial charge in [-0.05, 0) is 73.5 Å². The van der Waals surface area contributed by atoms with Gasteiger partial charge in [-0.25, -0.2) is 0 Å². The molecule has 3 rings (SSSR count). The second kappa shape index (κ2) is 12.3. The van der Waals surface area contributed by atoms with Crippen molar-refractivity contribution in [2.24, 2.45) is 0 Å². The molecule has 0 bridgehead atoms. The molecule has 6 nitrogen and oxygen atoms in total. The van der Waals surface area contributed by atoms with Gasteiger partial charge in [0, 0.05) is 0 Å². The molecule has 3 aromatic carbocycles. The Hall–Kier alpha value is -3.93. The van der Waals surface area contributed by atoms with Crippen molar-refractivity contribution in [3.63, 3.8) is 0 Å². The SMILES string of the molecule is CCOc1ccc(COc2ccc(/C=C/C(=O)c3cc(OC)ccc3OC)cc2)cc1OCC. The van der Waals surface area contributed by atoms with Crippen molar-refractivity contribution in [3.8, 4) is 28.7 Å². The Balaban J connectivity index is 1.63. The number of allylic oxidation sites excluding steroid dienone is 1. The molecule has 0 aliphatic rings. The van der Waals surface area contributed by atoms with Gasteiger partial charge in [0.1, 0.15) is 23.9 Å². The first-order chi connectivity index (χ1) is 16.6. The van der Waals surface area contributed by atoms with Crippen LogP contribution in [0.15, 0.2) is 66.7 Å². The molecule has 0 atom stereocenters. The van der Waals surface area contributed by atoms with Crippen molar-refractivity contribution in [2.75, 3.05) is 27.4 Å². The molecule has 0 amide bonds. The number of benzene rings is 3. The third-order valence-electron chi connectivity index (χ3n) is 4.99. The van der Waals surface area contributed by atoms with Gasteiger partial charge in [-0.1, -0.05) is 24.3 Å². The third-order valence-corrected chi connectivity index (χ3v) is 4.99. The summed E-state index contributed by atoms with van der Waals surface area (Å²) in [5.41, 5.74) is 2.30. The summed E-state index contributed by atoms with van der Waals surface area (Å²) in [6.07, 6.45) is 3.27. The molecule has 0 radical (unpaired) electrons. The normalized spacial score (nSPS) is 10.7. The minimum Gasteiger partial charge on any atom is -0.497 e. The number of carbonyl (C=O) groups excluding carboxylic acids is 1. The zero-order chi connectivity index (χ0) is 24.3. The van der Waals surface area contributed by atoms with Crippen LogP contribution in [-0.2, 0) is 6.61 Å². The van der Waals surface area contributed by atoms with Crippen LogP contribution < -0.4 is 23.7 Å². The van der Waals surface area contributed by atoms with E-state index < -0.39 is 0 Å². The lowest BCUT2D eigenvalue weighted by Crippen LogP contribution is -2.01. The van der Waals surface area contributed by atoms with Gasteiger partial charge in [0.25, 0.3) is 0 Å². The number of methoxy groups -OCH3 is 2. The monoisotopic (exact) mass is 462 g/mol. The molecule has 0 saturated heterocycles. The summed E-state index contributed by atoms with van der Waals surface area (Å²) in [6.45, 7) is 5.42. The van der Waals surface area contributed by atoms with Crippen molar-refractivity contribution in [3.05, 3.63) is 83.4 Å². The average Bonchev–Trinajstić information content (AvgIpc) is 2.87. The summed E-state index contributed by atoms with van der Waals surface area (Å²) in [7, 11) is 3.09. The molecule has 6 heteroatoms. The molecule has 0 aromatic heterocycles. The second-order valence-corrected chi connectivity index (χ2v) is 7.27. The molecular formula is C28H30O6. The average molecular weight is 463 g/mol. The Morgan fingerprint density at radius 3 is 2.09 bits per heavy atom. The number of hydrogen-bond donors (Lipinski definition) is 0. The lowest BCUT2D eigenvalue weighted by atomic mass is 10.1. The Labute approximate surface area is 200 Å². The molecule has 178 valence electrons. The highest BCUT2D eigenvalue weighted by atomic mass is 16.5. The first kappa shape index (κ1) is 24.7. The first-order valence-electron chi connectivity index (χ1n) is 11.1. The fourth-order valence-corrected chi connectivity index (χ4v) is 3.30. The molecule has 3 aromatic rings. The van der Waals surface area contributed by atoms with Crippen LogP contribution in [0.1, 0.15) is 35.3 Å². The Morgan fingerprint density at radius 1 is 0.735 bits per heavy atom. The summed E-state index contributed by atoms with van der Waals surface area (Å²) in [4.78, 5) is 12.7. The zero-order valence-electron chi connectivity index (χ0n) is 20.0. The van der Waals surface area contributed by atoms with Gasteiger partial charge in [-0.3, -0.25) is 4.79 Å². The van der Waals surface area contributed by atoms with Gasteiger partial charge in [-0.15, -0.1) is 0 Å². The van der Waals surface area contributed by atoms with E-state index in [0.717, 1.165) is 22.6 Å². The summed E-state index contributed by atoms with van der Waals surface area (Å²) >= 11 is 0. The Bertz CT molecular complexity index is 1120.